The highest BCUT2D eigenvalue weighted by atomic mass is 15.1. The maximum Gasteiger partial charge on any atom is 0.225 e. The van der Waals surface area contributed by atoms with Crippen LogP contribution in [0.4, 0.5) is 11.8 Å². The standard InChI is InChI=1S/C20H22N4/c1-15-8-6-7-11-18(15)14-22-19-12-13-21-20(24-19)23-16(2)17-9-4-3-5-10-17/h3-13,16H,14H2,1-2H3,(H2,21,22,23,24). The first-order chi connectivity index (χ1) is 11.7. The summed E-state index contributed by atoms with van der Waals surface area (Å²) in [7, 11) is 0. The van der Waals surface area contributed by atoms with Crippen molar-refractivity contribution >= 4 is 11.8 Å². The summed E-state index contributed by atoms with van der Waals surface area (Å²) in [5, 5.41) is 6.71. The Morgan fingerprint density at radius 2 is 1.71 bits per heavy atom. The lowest BCUT2D eigenvalue weighted by Gasteiger charge is -2.15. The number of aryl methyl sites for hydroxylation is 1. The van der Waals surface area contributed by atoms with Crippen LogP contribution in [0.25, 0.3) is 0 Å². The Morgan fingerprint density at radius 3 is 2.50 bits per heavy atom. The second-order valence-electron chi connectivity index (χ2n) is 5.82. The molecule has 4 nitrogen and oxygen atoms in total. The molecular weight excluding hydrogens is 296 g/mol. The first-order valence-electron chi connectivity index (χ1n) is 8.15. The maximum absolute atomic E-state index is 4.55. The molecule has 3 rings (SSSR count). The second-order valence-corrected chi connectivity index (χ2v) is 5.82. The molecule has 1 atom stereocenters. The van der Waals surface area contributed by atoms with Gasteiger partial charge in [-0.2, -0.15) is 4.98 Å². The Hall–Kier alpha value is -2.88. The predicted octanol–water partition coefficient (Wildman–Crippen LogP) is 4.57. The second kappa shape index (κ2) is 7.59. The largest absolute Gasteiger partial charge is 0.366 e. The van der Waals surface area contributed by atoms with E-state index < -0.39 is 0 Å². The molecule has 0 saturated heterocycles. The minimum atomic E-state index is 0.151. The highest BCUT2D eigenvalue weighted by Crippen LogP contribution is 2.17. The third-order valence-electron chi connectivity index (χ3n) is 4.02. The van der Waals surface area contributed by atoms with Crippen LogP contribution in [0.1, 0.15) is 29.7 Å². The average Bonchev–Trinajstić information content (AvgIpc) is 2.62. The first kappa shape index (κ1) is 16.0. The Labute approximate surface area is 143 Å². The molecule has 0 radical (unpaired) electrons. The summed E-state index contributed by atoms with van der Waals surface area (Å²) < 4.78 is 0. The molecule has 2 aromatic carbocycles. The lowest BCUT2D eigenvalue weighted by Crippen LogP contribution is -2.10. The van der Waals surface area contributed by atoms with Crippen LogP contribution in [0, 0.1) is 6.92 Å². The van der Waals surface area contributed by atoms with Gasteiger partial charge in [-0.3, -0.25) is 0 Å². The van der Waals surface area contributed by atoms with Crippen molar-refractivity contribution in [3.8, 4) is 0 Å². The van der Waals surface area contributed by atoms with E-state index in [9.17, 15) is 0 Å². The summed E-state index contributed by atoms with van der Waals surface area (Å²) >= 11 is 0. The zero-order chi connectivity index (χ0) is 16.8. The van der Waals surface area contributed by atoms with E-state index in [-0.39, 0.29) is 6.04 Å². The van der Waals surface area contributed by atoms with Gasteiger partial charge in [-0.25, -0.2) is 4.98 Å². The van der Waals surface area contributed by atoms with Gasteiger partial charge in [0.25, 0.3) is 0 Å². The number of anilines is 2. The van der Waals surface area contributed by atoms with E-state index >= 15 is 0 Å². The molecule has 0 aliphatic rings. The summed E-state index contributed by atoms with van der Waals surface area (Å²) in [6.45, 7) is 4.97. The Balaban J connectivity index is 1.65. The van der Waals surface area contributed by atoms with E-state index in [4.69, 9.17) is 0 Å². The monoisotopic (exact) mass is 318 g/mol. The fourth-order valence-electron chi connectivity index (χ4n) is 2.54. The van der Waals surface area contributed by atoms with Crippen LogP contribution in [0.3, 0.4) is 0 Å². The van der Waals surface area contributed by atoms with Crippen molar-refractivity contribution in [2.24, 2.45) is 0 Å². The van der Waals surface area contributed by atoms with Crippen molar-refractivity contribution in [2.45, 2.75) is 26.4 Å². The molecule has 0 spiro atoms. The molecule has 24 heavy (non-hydrogen) atoms. The highest BCUT2D eigenvalue weighted by Gasteiger charge is 2.07. The van der Waals surface area contributed by atoms with Crippen LogP contribution < -0.4 is 10.6 Å². The average molecular weight is 318 g/mol. The molecule has 0 aliphatic carbocycles. The summed E-state index contributed by atoms with van der Waals surface area (Å²) in [6.07, 6.45) is 1.77. The Kier molecular flexibility index (Phi) is 5.06. The van der Waals surface area contributed by atoms with Gasteiger partial charge in [-0.15, -0.1) is 0 Å². The Morgan fingerprint density at radius 1 is 0.958 bits per heavy atom. The molecule has 0 saturated carbocycles. The van der Waals surface area contributed by atoms with E-state index in [1.54, 1.807) is 6.20 Å². The summed E-state index contributed by atoms with van der Waals surface area (Å²) in [6, 6.07) is 20.7. The van der Waals surface area contributed by atoms with E-state index in [0.29, 0.717) is 5.95 Å². The van der Waals surface area contributed by atoms with Gasteiger partial charge in [0.1, 0.15) is 5.82 Å². The summed E-state index contributed by atoms with van der Waals surface area (Å²) in [4.78, 5) is 8.86. The van der Waals surface area contributed by atoms with Gasteiger partial charge in [-0.1, -0.05) is 54.6 Å². The van der Waals surface area contributed by atoms with Crippen LogP contribution in [0.15, 0.2) is 66.9 Å². The molecule has 0 fully saturated rings. The van der Waals surface area contributed by atoms with Crippen LogP contribution in [0.2, 0.25) is 0 Å². The van der Waals surface area contributed by atoms with Crippen molar-refractivity contribution in [2.75, 3.05) is 10.6 Å². The van der Waals surface area contributed by atoms with E-state index in [1.165, 1.54) is 16.7 Å². The topological polar surface area (TPSA) is 49.8 Å². The predicted molar refractivity (Wildman–Crippen MR) is 99.0 cm³/mol. The highest BCUT2D eigenvalue weighted by molar-refractivity contribution is 5.42. The van der Waals surface area contributed by atoms with Gasteiger partial charge >= 0.3 is 0 Å². The van der Waals surface area contributed by atoms with Gasteiger partial charge < -0.3 is 10.6 Å². The van der Waals surface area contributed by atoms with Crippen molar-refractivity contribution in [1.82, 2.24) is 9.97 Å². The van der Waals surface area contributed by atoms with E-state index in [2.05, 4.69) is 70.8 Å². The van der Waals surface area contributed by atoms with E-state index in [0.717, 1.165) is 12.4 Å². The lowest BCUT2D eigenvalue weighted by molar-refractivity contribution is 0.860. The van der Waals surface area contributed by atoms with E-state index in [1.807, 2.05) is 24.3 Å². The third kappa shape index (κ3) is 4.10. The zero-order valence-corrected chi connectivity index (χ0v) is 14.0. The number of aromatic nitrogens is 2. The van der Waals surface area contributed by atoms with Crippen molar-refractivity contribution in [3.63, 3.8) is 0 Å². The molecule has 122 valence electrons. The number of benzene rings is 2. The molecule has 4 heteroatoms. The number of rotatable bonds is 6. The fraction of sp³-hybridized carbons (Fsp3) is 0.200. The molecule has 0 bridgehead atoms. The molecule has 1 heterocycles. The van der Waals surface area contributed by atoms with Gasteiger partial charge in [0.2, 0.25) is 5.95 Å². The molecular formula is C20H22N4. The Bertz CT molecular complexity index is 786. The minimum absolute atomic E-state index is 0.151. The molecule has 1 unspecified atom stereocenters. The van der Waals surface area contributed by atoms with Crippen molar-refractivity contribution in [3.05, 3.63) is 83.6 Å². The van der Waals surface area contributed by atoms with Gasteiger partial charge in [0.15, 0.2) is 0 Å². The van der Waals surface area contributed by atoms with Gasteiger partial charge in [0.05, 0.1) is 6.04 Å². The normalized spacial score (nSPS) is 11.8. The van der Waals surface area contributed by atoms with Crippen LogP contribution in [-0.4, -0.2) is 9.97 Å². The van der Waals surface area contributed by atoms with Crippen molar-refractivity contribution < 1.29 is 0 Å². The van der Waals surface area contributed by atoms with Gasteiger partial charge in [-0.05, 0) is 36.6 Å². The number of nitrogens with one attached hydrogen (secondary N) is 2. The molecule has 0 amide bonds. The third-order valence-corrected chi connectivity index (χ3v) is 4.02. The van der Waals surface area contributed by atoms with Crippen LogP contribution in [0.5, 0.6) is 0 Å². The maximum atomic E-state index is 4.55. The molecule has 3 aromatic rings. The quantitative estimate of drug-likeness (QED) is 0.699. The first-order valence-corrected chi connectivity index (χ1v) is 8.15. The smallest absolute Gasteiger partial charge is 0.225 e. The molecule has 1 aromatic heterocycles. The number of hydrogen-bond acceptors (Lipinski definition) is 4. The van der Waals surface area contributed by atoms with Gasteiger partial charge in [0, 0.05) is 12.7 Å². The molecule has 0 aliphatic heterocycles. The number of hydrogen-bond donors (Lipinski definition) is 2. The van der Waals surface area contributed by atoms with Crippen LogP contribution >= 0.6 is 0 Å². The van der Waals surface area contributed by atoms with Crippen molar-refractivity contribution in [1.29, 1.82) is 0 Å². The van der Waals surface area contributed by atoms with Crippen LogP contribution in [-0.2, 0) is 6.54 Å². The number of nitrogens with zero attached hydrogens (tertiary/aromatic N) is 2. The molecule has 2 N–H and O–H groups in total. The lowest BCUT2D eigenvalue weighted by atomic mass is 10.1. The SMILES string of the molecule is Cc1ccccc1CNc1ccnc(NC(C)c2ccccc2)n1. The minimum Gasteiger partial charge on any atom is -0.366 e. The fourth-order valence-corrected chi connectivity index (χ4v) is 2.54. The summed E-state index contributed by atoms with van der Waals surface area (Å²) in [5.74, 6) is 1.44. The zero-order valence-electron chi connectivity index (χ0n) is 14.0. The summed E-state index contributed by atoms with van der Waals surface area (Å²) in [5.41, 5.74) is 3.75.